The van der Waals surface area contributed by atoms with Gasteiger partial charge in [0.05, 0.1) is 34.5 Å². The van der Waals surface area contributed by atoms with Crippen LogP contribution in [0.15, 0.2) is 83.5 Å². The van der Waals surface area contributed by atoms with Crippen LogP contribution < -0.4 is 4.90 Å². The number of allylic oxidation sites excluding steroid dienone is 1. The molecule has 2 aromatic carbocycles. The highest BCUT2D eigenvalue weighted by Gasteiger charge is 2.59. The number of carbonyl (C=O) groups is 3. The first kappa shape index (κ1) is 20.2. The largest absolute Gasteiger partial charge is 0.506 e. The van der Waals surface area contributed by atoms with E-state index in [9.17, 15) is 19.5 Å². The summed E-state index contributed by atoms with van der Waals surface area (Å²) in [7, 11) is 0. The minimum atomic E-state index is -0.990. The lowest BCUT2D eigenvalue weighted by atomic mass is 9.84. The van der Waals surface area contributed by atoms with Gasteiger partial charge in [-0.1, -0.05) is 42.5 Å². The predicted molar refractivity (Wildman–Crippen MR) is 125 cm³/mol. The zero-order valence-electron chi connectivity index (χ0n) is 18.2. The molecular formula is C27H19N3O4. The predicted octanol–water partition coefficient (Wildman–Crippen LogP) is 3.86. The van der Waals surface area contributed by atoms with Gasteiger partial charge in [0.15, 0.2) is 5.78 Å². The van der Waals surface area contributed by atoms with Crippen LogP contribution in [0.5, 0.6) is 0 Å². The molecule has 3 aromatic rings. The maximum atomic E-state index is 13.7. The third-order valence-corrected chi connectivity index (χ3v) is 6.66. The number of hydrogen-bond donors (Lipinski definition) is 1. The zero-order chi connectivity index (χ0) is 23.6. The molecule has 34 heavy (non-hydrogen) atoms. The topological polar surface area (TPSA) is 99.9 Å². The number of pyridine rings is 1. The fraction of sp³-hybridized carbons (Fsp3) is 0.148. The summed E-state index contributed by atoms with van der Waals surface area (Å²) in [5.74, 6) is -3.31. The van der Waals surface area contributed by atoms with Gasteiger partial charge in [-0.2, -0.15) is 0 Å². The molecule has 0 unspecified atom stereocenters. The number of ketones is 1. The molecule has 1 aromatic heterocycles. The van der Waals surface area contributed by atoms with E-state index in [4.69, 9.17) is 4.99 Å². The van der Waals surface area contributed by atoms with Crippen LogP contribution in [0, 0.1) is 18.8 Å². The average molecular weight is 449 g/mol. The van der Waals surface area contributed by atoms with Gasteiger partial charge in [0.1, 0.15) is 11.8 Å². The Kier molecular flexibility index (Phi) is 4.35. The first-order valence-corrected chi connectivity index (χ1v) is 11.0. The monoisotopic (exact) mass is 449 g/mol. The molecule has 2 aliphatic heterocycles. The van der Waals surface area contributed by atoms with Gasteiger partial charge in [-0.15, -0.1) is 0 Å². The van der Waals surface area contributed by atoms with Crippen molar-refractivity contribution in [2.45, 2.75) is 13.0 Å². The van der Waals surface area contributed by atoms with Crippen molar-refractivity contribution in [2.75, 3.05) is 4.90 Å². The number of imide groups is 1. The lowest BCUT2D eigenvalue weighted by molar-refractivity contribution is -0.122. The summed E-state index contributed by atoms with van der Waals surface area (Å²) in [5, 5.41) is 11.0. The molecule has 1 saturated heterocycles. The van der Waals surface area contributed by atoms with Gasteiger partial charge >= 0.3 is 0 Å². The van der Waals surface area contributed by atoms with E-state index in [2.05, 4.69) is 4.98 Å². The van der Waals surface area contributed by atoms with Crippen molar-refractivity contribution in [1.82, 2.24) is 4.98 Å². The Balaban J connectivity index is 1.52. The van der Waals surface area contributed by atoms with Crippen LogP contribution in [0.25, 0.3) is 5.76 Å². The Morgan fingerprint density at radius 3 is 2.35 bits per heavy atom. The SMILES string of the molecule is Cc1cccc(N2C(=O)[C@@H]3C(C4=C(O)c5ccccc5C4=O)=N[C@H](c4ccccn4)[C@H]3C2=O)c1. The van der Waals surface area contributed by atoms with E-state index in [-0.39, 0.29) is 17.0 Å². The number of aliphatic hydroxyl groups is 1. The van der Waals surface area contributed by atoms with Crippen LogP contribution in [0.4, 0.5) is 5.69 Å². The van der Waals surface area contributed by atoms with E-state index >= 15 is 0 Å². The Bertz CT molecular complexity index is 1460. The van der Waals surface area contributed by atoms with Crippen molar-refractivity contribution in [3.8, 4) is 0 Å². The first-order chi connectivity index (χ1) is 16.5. The van der Waals surface area contributed by atoms with Crippen LogP contribution in [-0.4, -0.2) is 33.4 Å². The number of aryl methyl sites for hydroxylation is 1. The average Bonchev–Trinajstić information content (AvgIpc) is 3.44. The van der Waals surface area contributed by atoms with Crippen molar-refractivity contribution in [2.24, 2.45) is 16.8 Å². The Morgan fingerprint density at radius 1 is 0.882 bits per heavy atom. The van der Waals surface area contributed by atoms with E-state index in [1.54, 1.807) is 66.9 Å². The molecule has 1 fully saturated rings. The lowest BCUT2D eigenvalue weighted by Crippen LogP contribution is -2.33. The van der Waals surface area contributed by atoms with Crippen molar-refractivity contribution in [3.63, 3.8) is 0 Å². The first-order valence-electron chi connectivity index (χ1n) is 11.0. The molecule has 3 aliphatic rings. The fourth-order valence-corrected chi connectivity index (χ4v) is 5.15. The number of aliphatic hydroxyl groups excluding tert-OH is 1. The number of amides is 2. The summed E-state index contributed by atoms with van der Waals surface area (Å²) in [5.41, 5.74) is 2.80. The highest BCUT2D eigenvalue weighted by molar-refractivity contribution is 6.42. The minimum Gasteiger partial charge on any atom is -0.506 e. The van der Waals surface area contributed by atoms with Crippen LogP contribution in [0.3, 0.4) is 0 Å². The standard InChI is InChI=1S/C27H19N3O4/c1-14-7-6-8-15(13-14)30-26(33)19-20(27(30)34)23(29-22(19)18-11-4-5-12-28-18)21-24(31)16-9-2-3-10-17(16)25(21)32/h2-13,19-20,22,31H,1H3/t19-,20-,22+/m0/s1. The number of nitrogens with zero attached hydrogens (tertiary/aromatic N) is 3. The lowest BCUT2D eigenvalue weighted by Gasteiger charge is -2.18. The molecule has 0 saturated carbocycles. The maximum Gasteiger partial charge on any atom is 0.243 e. The summed E-state index contributed by atoms with van der Waals surface area (Å²) < 4.78 is 0. The molecule has 7 heteroatoms. The van der Waals surface area contributed by atoms with Crippen molar-refractivity contribution >= 4 is 34.8 Å². The molecule has 3 heterocycles. The number of fused-ring (bicyclic) bond motifs is 2. The number of aromatic nitrogens is 1. The van der Waals surface area contributed by atoms with E-state index < -0.39 is 35.5 Å². The number of hydrogen-bond acceptors (Lipinski definition) is 6. The fourth-order valence-electron chi connectivity index (χ4n) is 5.15. The number of benzene rings is 2. The van der Waals surface area contributed by atoms with Gasteiger partial charge in [0.25, 0.3) is 0 Å². The second-order valence-corrected chi connectivity index (χ2v) is 8.67. The summed E-state index contributed by atoms with van der Waals surface area (Å²) in [6, 6.07) is 18.4. The van der Waals surface area contributed by atoms with Crippen LogP contribution in [0.1, 0.15) is 33.2 Å². The molecule has 0 radical (unpaired) electrons. The molecule has 0 spiro atoms. The highest BCUT2D eigenvalue weighted by Crippen LogP contribution is 2.48. The van der Waals surface area contributed by atoms with E-state index in [1.807, 2.05) is 13.0 Å². The number of carbonyl (C=O) groups excluding carboxylic acids is 3. The second-order valence-electron chi connectivity index (χ2n) is 8.67. The summed E-state index contributed by atoms with van der Waals surface area (Å²) in [6.45, 7) is 1.89. The smallest absolute Gasteiger partial charge is 0.243 e. The van der Waals surface area contributed by atoms with Gasteiger partial charge in [0.2, 0.25) is 11.8 Å². The number of aliphatic imine (C=N–C) groups is 1. The van der Waals surface area contributed by atoms with Gasteiger partial charge in [-0.05, 0) is 36.8 Å². The van der Waals surface area contributed by atoms with E-state index in [0.717, 1.165) is 5.56 Å². The van der Waals surface area contributed by atoms with E-state index in [1.165, 1.54) is 4.90 Å². The molecule has 1 aliphatic carbocycles. The minimum absolute atomic E-state index is 0.0122. The Morgan fingerprint density at radius 2 is 1.65 bits per heavy atom. The van der Waals surface area contributed by atoms with Crippen molar-refractivity contribution in [3.05, 3.63) is 101 Å². The molecule has 0 bridgehead atoms. The number of Topliss-reactive ketones (excluding diaryl/α,β-unsaturated/α-hetero) is 1. The van der Waals surface area contributed by atoms with Gasteiger partial charge in [0, 0.05) is 17.3 Å². The molecule has 2 amide bonds. The third kappa shape index (κ3) is 2.73. The van der Waals surface area contributed by atoms with E-state index in [0.29, 0.717) is 22.5 Å². The Hall–Kier alpha value is -4.39. The van der Waals surface area contributed by atoms with Gasteiger partial charge in [-0.25, -0.2) is 4.90 Å². The highest BCUT2D eigenvalue weighted by atomic mass is 16.3. The molecule has 1 N–H and O–H groups in total. The Labute approximate surface area is 195 Å². The normalized spacial score (nSPS) is 23.4. The van der Waals surface area contributed by atoms with Crippen LogP contribution in [-0.2, 0) is 9.59 Å². The third-order valence-electron chi connectivity index (χ3n) is 6.66. The van der Waals surface area contributed by atoms with Crippen molar-refractivity contribution in [1.29, 1.82) is 0 Å². The summed E-state index contributed by atoms with van der Waals surface area (Å²) in [4.78, 5) is 50.9. The maximum absolute atomic E-state index is 13.7. The zero-order valence-corrected chi connectivity index (χ0v) is 18.2. The number of anilines is 1. The number of rotatable bonds is 3. The van der Waals surface area contributed by atoms with Crippen LogP contribution >= 0.6 is 0 Å². The molecule has 3 atom stereocenters. The summed E-state index contributed by atoms with van der Waals surface area (Å²) >= 11 is 0. The molecular weight excluding hydrogens is 430 g/mol. The van der Waals surface area contributed by atoms with Gasteiger partial charge in [-0.3, -0.25) is 24.4 Å². The molecule has 166 valence electrons. The summed E-state index contributed by atoms with van der Waals surface area (Å²) in [6.07, 6.45) is 1.60. The molecule has 7 nitrogen and oxygen atoms in total. The van der Waals surface area contributed by atoms with Crippen molar-refractivity contribution < 1.29 is 19.5 Å². The molecule has 6 rings (SSSR count). The van der Waals surface area contributed by atoms with Crippen LogP contribution in [0.2, 0.25) is 0 Å². The second kappa shape index (κ2) is 7.31. The quantitative estimate of drug-likeness (QED) is 0.612. The van der Waals surface area contributed by atoms with Gasteiger partial charge < -0.3 is 5.11 Å².